The molecule has 1 N–H and O–H groups in total. The molecule has 0 fully saturated rings. The van der Waals surface area contributed by atoms with Crippen molar-refractivity contribution in [2.75, 3.05) is 5.32 Å². The van der Waals surface area contributed by atoms with Gasteiger partial charge in [-0.3, -0.25) is 4.79 Å². The predicted molar refractivity (Wildman–Crippen MR) is 92.5 cm³/mol. The topological polar surface area (TPSA) is 68.3 Å². The van der Waals surface area contributed by atoms with Crippen LogP contribution < -0.4 is 5.32 Å². The summed E-state index contributed by atoms with van der Waals surface area (Å²) in [6, 6.07) is 5.89. The average Bonchev–Trinajstić information content (AvgIpc) is 2.74. The summed E-state index contributed by atoms with van der Waals surface area (Å²) >= 11 is 5.99. The average molecular weight is 372 g/mol. The highest BCUT2D eigenvalue weighted by molar-refractivity contribution is 7.36. The van der Waals surface area contributed by atoms with Gasteiger partial charge in [0.2, 0.25) is 6.29 Å². The second kappa shape index (κ2) is 7.27. The van der Waals surface area contributed by atoms with E-state index in [4.69, 9.17) is 16.3 Å². The third-order valence-electron chi connectivity index (χ3n) is 2.84. The Hall–Kier alpha value is -1.99. The summed E-state index contributed by atoms with van der Waals surface area (Å²) in [6.07, 6.45) is -0.0446. The van der Waals surface area contributed by atoms with Crippen LogP contribution in [-0.4, -0.2) is 23.0 Å². The number of anilines is 1. The zero-order valence-electron chi connectivity index (χ0n) is 13.4. The second-order valence-electron chi connectivity index (χ2n) is 5.98. The molecule has 5 nitrogen and oxygen atoms in total. The van der Waals surface area contributed by atoms with Crippen LogP contribution in [0.2, 0.25) is 5.15 Å². The van der Waals surface area contributed by atoms with E-state index in [1.807, 2.05) is 0 Å². The number of ether oxygens (including phenoxy) is 1. The minimum Gasteiger partial charge on any atom is -0.443 e. The second-order valence-corrected chi connectivity index (χ2v) is 8.23. The smallest absolute Gasteiger partial charge is 0.417 e. The van der Waals surface area contributed by atoms with Crippen LogP contribution in [0.5, 0.6) is 0 Å². The summed E-state index contributed by atoms with van der Waals surface area (Å²) in [5.41, 5.74) is 0.132. The van der Waals surface area contributed by atoms with E-state index in [1.54, 1.807) is 32.9 Å². The SMILES string of the molecule is CC(C)(C)OC(=O)Nc1nc(Cl)c(C=O)[s+]1Cc1ccc(F)cc1. The van der Waals surface area contributed by atoms with Crippen LogP contribution >= 0.6 is 22.1 Å². The molecule has 1 atom stereocenters. The lowest BCUT2D eigenvalue weighted by Crippen LogP contribution is -2.27. The Morgan fingerprint density at radius 3 is 2.54 bits per heavy atom. The van der Waals surface area contributed by atoms with Gasteiger partial charge in [-0.1, -0.05) is 23.7 Å². The molecular formula is C16H17ClFN2O3S+. The van der Waals surface area contributed by atoms with Crippen molar-refractivity contribution in [1.29, 1.82) is 0 Å². The maximum atomic E-state index is 13.0. The zero-order chi connectivity index (χ0) is 17.9. The number of benzene rings is 1. The molecule has 0 spiro atoms. The maximum absolute atomic E-state index is 13.0. The number of rotatable bonds is 4. The first-order valence-corrected chi connectivity index (χ1v) is 8.86. The number of nitrogens with one attached hydrogen (secondary N) is 1. The Morgan fingerprint density at radius 1 is 1.38 bits per heavy atom. The van der Waals surface area contributed by atoms with Gasteiger partial charge in [-0.25, -0.2) is 14.5 Å². The number of aromatic nitrogens is 1. The third kappa shape index (κ3) is 4.75. The molecule has 0 aliphatic heterocycles. The molecule has 1 amide bonds. The largest absolute Gasteiger partial charge is 0.443 e. The van der Waals surface area contributed by atoms with E-state index < -0.39 is 22.2 Å². The minimum atomic E-state index is -0.844. The van der Waals surface area contributed by atoms with Crippen LogP contribution in [0.1, 0.15) is 36.0 Å². The molecule has 0 aliphatic rings. The fourth-order valence-electron chi connectivity index (χ4n) is 1.89. The number of amides is 1. The molecular weight excluding hydrogens is 355 g/mol. The Bertz CT molecular complexity index is 754. The van der Waals surface area contributed by atoms with Crippen LogP contribution in [-0.2, 0) is 10.5 Å². The molecule has 0 saturated heterocycles. The summed E-state index contributed by atoms with van der Waals surface area (Å²) in [7, 11) is -0.844. The van der Waals surface area contributed by atoms with E-state index in [2.05, 4.69) is 10.3 Å². The van der Waals surface area contributed by atoms with E-state index in [-0.39, 0.29) is 16.1 Å². The lowest BCUT2D eigenvalue weighted by atomic mass is 10.2. The molecule has 0 saturated carbocycles. The van der Waals surface area contributed by atoms with E-state index >= 15 is 0 Å². The van der Waals surface area contributed by atoms with Crippen LogP contribution in [0.15, 0.2) is 24.3 Å². The summed E-state index contributed by atoms with van der Waals surface area (Å²) in [5.74, 6) is 0.0256. The quantitative estimate of drug-likeness (QED) is 0.617. The minimum absolute atomic E-state index is 0.0431. The molecule has 1 aromatic carbocycles. The summed E-state index contributed by atoms with van der Waals surface area (Å²) in [5, 5.41) is 2.86. The fraction of sp³-hybridized carbons (Fsp3) is 0.312. The Balaban J connectivity index is 2.29. The van der Waals surface area contributed by atoms with Crippen molar-refractivity contribution < 1.29 is 18.7 Å². The van der Waals surface area contributed by atoms with Gasteiger partial charge in [0, 0.05) is 16.0 Å². The lowest BCUT2D eigenvalue weighted by Gasteiger charge is -2.18. The van der Waals surface area contributed by atoms with E-state index in [1.165, 1.54) is 12.1 Å². The summed E-state index contributed by atoms with van der Waals surface area (Å²) < 4.78 is 18.2. The van der Waals surface area contributed by atoms with Gasteiger partial charge in [0.1, 0.15) is 11.4 Å². The van der Waals surface area contributed by atoms with Crippen molar-refractivity contribution in [3.8, 4) is 0 Å². The first-order chi connectivity index (χ1) is 11.2. The van der Waals surface area contributed by atoms with Gasteiger partial charge in [0.15, 0.2) is 10.9 Å². The Labute approximate surface area is 146 Å². The number of hydrogen-bond donors (Lipinski definition) is 1. The van der Waals surface area contributed by atoms with Crippen molar-refractivity contribution in [3.05, 3.63) is 45.7 Å². The van der Waals surface area contributed by atoms with Crippen molar-refractivity contribution in [1.82, 2.24) is 4.98 Å². The van der Waals surface area contributed by atoms with E-state index in [0.29, 0.717) is 16.9 Å². The van der Waals surface area contributed by atoms with Crippen LogP contribution in [0.4, 0.5) is 14.3 Å². The summed E-state index contributed by atoms with van der Waals surface area (Å²) in [4.78, 5) is 27.6. The molecule has 0 bridgehead atoms. The van der Waals surface area contributed by atoms with Crippen LogP contribution in [0, 0.1) is 5.82 Å². The van der Waals surface area contributed by atoms with Gasteiger partial charge in [-0.2, -0.15) is 4.98 Å². The summed E-state index contributed by atoms with van der Waals surface area (Å²) in [6.45, 7) is 5.22. The molecule has 24 heavy (non-hydrogen) atoms. The lowest BCUT2D eigenvalue weighted by molar-refractivity contribution is 0.0635. The van der Waals surface area contributed by atoms with Gasteiger partial charge >= 0.3 is 11.2 Å². The van der Waals surface area contributed by atoms with E-state index in [9.17, 15) is 14.0 Å². The number of hydrogen-bond acceptors (Lipinski definition) is 4. The number of halogens is 2. The first-order valence-electron chi connectivity index (χ1n) is 7.08. The van der Waals surface area contributed by atoms with Crippen molar-refractivity contribution in [3.63, 3.8) is 0 Å². The predicted octanol–water partition coefficient (Wildman–Crippen LogP) is 4.83. The van der Waals surface area contributed by atoms with Crippen molar-refractivity contribution >= 4 is 39.6 Å². The molecule has 0 aliphatic carbocycles. The molecule has 128 valence electrons. The highest BCUT2D eigenvalue weighted by Gasteiger charge is 2.30. The van der Waals surface area contributed by atoms with Crippen LogP contribution in [0.25, 0.3) is 0 Å². The molecule has 1 heterocycles. The number of thiazole rings is 1. The number of carbonyl (C=O) groups is 2. The standard InChI is InChI=1S/C16H16ClFN2O3S/c1-16(2,3)23-15(22)20-14-19-13(17)12(8-21)24(14)9-10-4-6-11(18)7-5-10/h4-8H,9H2,1-3H3/p+1. The van der Waals surface area contributed by atoms with Gasteiger partial charge in [0.05, 0.1) is 0 Å². The first kappa shape index (κ1) is 18.4. The maximum Gasteiger partial charge on any atom is 0.417 e. The monoisotopic (exact) mass is 371 g/mol. The van der Waals surface area contributed by atoms with Gasteiger partial charge < -0.3 is 4.74 Å². The molecule has 1 unspecified atom stereocenters. The Morgan fingerprint density at radius 2 is 2.00 bits per heavy atom. The number of carbonyl (C=O) groups excluding carboxylic acids is 2. The third-order valence-corrected chi connectivity index (χ3v) is 5.34. The molecule has 8 heteroatoms. The highest BCUT2D eigenvalue weighted by Crippen LogP contribution is 2.40. The van der Waals surface area contributed by atoms with Crippen molar-refractivity contribution in [2.45, 2.75) is 32.1 Å². The Kier molecular flexibility index (Phi) is 5.56. The molecule has 2 aromatic rings. The molecule has 1 aromatic heterocycles. The number of aldehydes is 1. The van der Waals surface area contributed by atoms with Crippen LogP contribution in [0.3, 0.4) is 0 Å². The van der Waals surface area contributed by atoms with Gasteiger partial charge in [0.25, 0.3) is 4.88 Å². The molecule has 0 radical (unpaired) electrons. The molecule has 2 rings (SSSR count). The number of nitrogens with zero attached hydrogens (tertiary/aromatic N) is 1. The van der Waals surface area contributed by atoms with Gasteiger partial charge in [-0.05, 0) is 32.9 Å². The highest BCUT2D eigenvalue weighted by atomic mass is 35.5. The van der Waals surface area contributed by atoms with E-state index in [0.717, 1.165) is 5.56 Å². The van der Waals surface area contributed by atoms with Gasteiger partial charge in [-0.15, -0.1) is 0 Å². The normalized spacial score (nSPS) is 12.0. The zero-order valence-corrected chi connectivity index (χ0v) is 15.0. The fourth-order valence-corrected chi connectivity index (χ4v) is 4.14. The van der Waals surface area contributed by atoms with Crippen molar-refractivity contribution in [2.24, 2.45) is 0 Å².